The average Bonchev–Trinajstić information content (AvgIpc) is 2.39. The first kappa shape index (κ1) is 13.0. The van der Waals surface area contributed by atoms with E-state index in [1.807, 2.05) is 6.07 Å². The van der Waals surface area contributed by atoms with E-state index in [4.69, 9.17) is 10.00 Å². The molecule has 0 radical (unpaired) electrons. The summed E-state index contributed by atoms with van der Waals surface area (Å²) >= 11 is 0. The van der Waals surface area contributed by atoms with Crippen molar-refractivity contribution in [1.29, 1.82) is 5.26 Å². The lowest BCUT2D eigenvalue weighted by molar-refractivity contribution is 0.0781. The van der Waals surface area contributed by atoms with Gasteiger partial charge in [-0.05, 0) is 49.1 Å². The molecule has 0 amide bonds. The number of nitriles is 1. The maximum Gasteiger partial charge on any atom is 0.124 e. The largest absolute Gasteiger partial charge is 0.376 e. The summed E-state index contributed by atoms with van der Waals surface area (Å²) in [5, 5.41) is 12.1. The van der Waals surface area contributed by atoms with Crippen LogP contribution < -0.4 is 5.32 Å². The van der Waals surface area contributed by atoms with Gasteiger partial charge in [0.15, 0.2) is 0 Å². The molecule has 4 heteroatoms. The molecule has 1 saturated heterocycles. The Morgan fingerprint density at radius 2 is 2.33 bits per heavy atom. The van der Waals surface area contributed by atoms with Crippen LogP contribution in [0, 0.1) is 23.1 Å². The highest BCUT2D eigenvalue weighted by molar-refractivity contribution is 5.33. The van der Waals surface area contributed by atoms with Crippen LogP contribution in [0.4, 0.5) is 4.39 Å². The standard InChI is InChI=1S/C14H17FN2O/c15-14-5-12(7-16)4-13(6-14)10-18-9-11-2-1-3-17-8-11/h4-6,11,17H,1-3,8-10H2. The summed E-state index contributed by atoms with van der Waals surface area (Å²) in [6, 6.07) is 6.26. The zero-order valence-electron chi connectivity index (χ0n) is 10.3. The molecule has 96 valence electrons. The van der Waals surface area contributed by atoms with Gasteiger partial charge in [-0.25, -0.2) is 4.39 Å². The molecule has 0 spiro atoms. The molecular weight excluding hydrogens is 231 g/mol. The Labute approximate surface area is 107 Å². The summed E-state index contributed by atoms with van der Waals surface area (Å²) in [5.74, 6) is 0.162. The first-order valence-electron chi connectivity index (χ1n) is 6.26. The highest BCUT2D eigenvalue weighted by Crippen LogP contribution is 2.13. The van der Waals surface area contributed by atoms with Gasteiger partial charge < -0.3 is 10.1 Å². The van der Waals surface area contributed by atoms with Crippen molar-refractivity contribution >= 4 is 0 Å². The summed E-state index contributed by atoms with van der Waals surface area (Å²) in [5.41, 5.74) is 1.06. The zero-order chi connectivity index (χ0) is 12.8. The van der Waals surface area contributed by atoms with Crippen LogP contribution in [0.3, 0.4) is 0 Å². The van der Waals surface area contributed by atoms with E-state index in [1.54, 1.807) is 6.07 Å². The van der Waals surface area contributed by atoms with Gasteiger partial charge in [-0.2, -0.15) is 5.26 Å². The van der Waals surface area contributed by atoms with E-state index in [2.05, 4.69) is 5.32 Å². The molecule has 0 aromatic heterocycles. The molecular formula is C14H17FN2O. The van der Waals surface area contributed by atoms with Crippen LogP contribution in [0.15, 0.2) is 18.2 Å². The van der Waals surface area contributed by atoms with E-state index in [0.29, 0.717) is 24.7 Å². The second-order valence-corrected chi connectivity index (χ2v) is 4.69. The predicted octanol–water partition coefficient (Wildman–Crippen LogP) is 2.21. The summed E-state index contributed by atoms with van der Waals surface area (Å²) in [4.78, 5) is 0. The van der Waals surface area contributed by atoms with Crippen molar-refractivity contribution in [3.8, 4) is 6.07 Å². The van der Waals surface area contributed by atoms with E-state index in [0.717, 1.165) is 18.7 Å². The zero-order valence-corrected chi connectivity index (χ0v) is 10.3. The Morgan fingerprint density at radius 3 is 3.06 bits per heavy atom. The van der Waals surface area contributed by atoms with Gasteiger partial charge in [-0.3, -0.25) is 0 Å². The molecule has 1 fully saturated rings. The SMILES string of the molecule is N#Cc1cc(F)cc(COCC2CCCNC2)c1. The van der Waals surface area contributed by atoms with Gasteiger partial charge >= 0.3 is 0 Å². The Kier molecular flexibility index (Phi) is 4.68. The summed E-state index contributed by atoms with van der Waals surface area (Å²) in [6.45, 7) is 3.13. The first-order chi connectivity index (χ1) is 8.78. The second kappa shape index (κ2) is 6.48. The van der Waals surface area contributed by atoms with Gasteiger partial charge in [0.05, 0.1) is 24.8 Å². The van der Waals surface area contributed by atoms with Gasteiger partial charge in [-0.15, -0.1) is 0 Å². The predicted molar refractivity (Wildman–Crippen MR) is 66.4 cm³/mol. The van der Waals surface area contributed by atoms with Crippen LogP contribution in [0.5, 0.6) is 0 Å². The van der Waals surface area contributed by atoms with E-state index < -0.39 is 0 Å². The minimum atomic E-state index is -0.382. The van der Waals surface area contributed by atoms with E-state index in [1.165, 1.54) is 25.0 Å². The molecule has 1 aliphatic rings. The molecule has 1 atom stereocenters. The van der Waals surface area contributed by atoms with Crippen LogP contribution in [0.2, 0.25) is 0 Å². The van der Waals surface area contributed by atoms with Gasteiger partial charge in [0.25, 0.3) is 0 Å². The summed E-state index contributed by atoms with van der Waals surface area (Å²) < 4.78 is 18.8. The Hall–Kier alpha value is -1.44. The number of hydrogen-bond donors (Lipinski definition) is 1. The lowest BCUT2D eigenvalue weighted by atomic mass is 10.0. The lowest BCUT2D eigenvalue weighted by Crippen LogP contribution is -2.32. The molecule has 1 heterocycles. The van der Waals surface area contributed by atoms with Crippen LogP contribution in [0.25, 0.3) is 0 Å². The van der Waals surface area contributed by atoms with E-state index in [-0.39, 0.29) is 5.82 Å². The number of rotatable bonds is 4. The molecule has 2 rings (SSSR count). The normalized spacial score (nSPS) is 19.4. The number of ether oxygens (including phenoxy) is 1. The molecule has 1 aliphatic heterocycles. The molecule has 0 bridgehead atoms. The highest BCUT2D eigenvalue weighted by atomic mass is 19.1. The maximum atomic E-state index is 13.2. The smallest absolute Gasteiger partial charge is 0.124 e. The molecule has 3 nitrogen and oxygen atoms in total. The van der Waals surface area contributed by atoms with Gasteiger partial charge in [0, 0.05) is 6.54 Å². The number of hydrogen-bond acceptors (Lipinski definition) is 3. The average molecular weight is 248 g/mol. The van der Waals surface area contributed by atoms with Crippen LogP contribution in [-0.4, -0.2) is 19.7 Å². The minimum Gasteiger partial charge on any atom is -0.376 e. The third kappa shape index (κ3) is 3.80. The molecule has 1 unspecified atom stereocenters. The lowest BCUT2D eigenvalue weighted by Gasteiger charge is -2.22. The van der Waals surface area contributed by atoms with Gasteiger partial charge in [0.1, 0.15) is 5.82 Å². The van der Waals surface area contributed by atoms with Crippen molar-refractivity contribution in [3.63, 3.8) is 0 Å². The van der Waals surface area contributed by atoms with Crippen LogP contribution in [0.1, 0.15) is 24.0 Å². The van der Waals surface area contributed by atoms with Gasteiger partial charge in [-0.1, -0.05) is 0 Å². The van der Waals surface area contributed by atoms with Crippen molar-refractivity contribution in [2.75, 3.05) is 19.7 Å². The van der Waals surface area contributed by atoms with Crippen molar-refractivity contribution in [2.24, 2.45) is 5.92 Å². The highest BCUT2D eigenvalue weighted by Gasteiger charge is 2.12. The topological polar surface area (TPSA) is 45.0 Å². The quantitative estimate of drug-likeness (QED) is 0.888. The fourth-order valence-electron chi connectivity index (χ4n) is 2.21. The molecule has 1 aromatic carbocycles. The number of halogens is 1. The summed E-state index contributed by atoms with van der Waals surface area (Å²) in [7, 11) is 0. The molecule has 18 heavy (non-hydrogen) atoms. The maximum absolute atomic E-state index is 13.2. The van der Waals surface area contributed by atoms with E-state index in [9.17, 15) is 4.39 Å². The molecule has 1 N–H and O–H groups in total. The molecule has 0 saturated carbocycles. The van der Waals surface area contributed by atoms with E-state index >= 15 is 0 Å². The Bertz CT molecular complexity index is 436. The van der Waals surface area contributed by atoms with Crippen molar-refractivity contribution in [1.82, 2.24) is 5.32 Å². The number of nitrogens with zero attached hydrogens (tertiary/aromatic N) is 1. The van der Waals surface area contributed by atoms with Crippen molar-refractivity contribution < 1.29 is 9.13 Å². The number of benzene rings is 1. The number of nitrogens with one attached hydrogen (secondary N) is 1. The van der Waals surface area contributed by atoms with Crippen molar-refractivity contribution in [3.05, 3.63) is 35.1 Å². The minimum absolute atomic E-state index is 0.341. The number of piperidine rings is 1. The molecule has 1 aromatic rings. The van der Waals surface area contributed by atoms with Crippen molar-refractivity contribution in [2.45, 2.75) is 19.4 Å². The fraction of sp³-hybridized carbons (Fsp3) is 0.500. The van der Waals surface area contributed by atoms with Crippen LogP contribution >= 0.6 is 0 Å². The molecule has 0 aliphatic carbocycles. The summed E-state index contributed by atoms with van der Waals surface area (Å²) in [6.07, 6.45) is 2.37. The van der Waals surface area contributed by atoms with Crippen LogP contribution in [-0.2, 0) is 11.3 Å². The third-order valence-corrected chi connectivity index (χ3v) is 3.11. The Balaban J connectivity index is 1.82. The Morgan fingerprint density at radius 1 is 1.44 bits per heavy atom. The monoisotopic (exact) mass is 248 g/mol. The first-order valence-corrected chi connectivity index (χ1v) is 6.26. The third-order valence-electron chi connectivity index (χ3n) is 3.11. The second-order valence-electron chi connectivity index (χ2n) is 4.69. The fourth-order valence-corrected chi connectivity index (χ4v) is 2.21. The van der Waals surface area contributed by atoms with Gasteiger partial charge in [0.2, 0.25) is 0 Å².